The molecule has 1 aromatic heterocycles. The molecule has 0 spiro atoms. The Bertz CT molecular complexity index is 1080. The van der Waals surface area contributed by atoms with Crippen molar-refractivity contribution in [3.05, 3.63) is 39.0 Å². The van der Waals surface area contributed by atoms with E-state index in [0.717, 1.165) is 17.4 Å². The second kappa shape index (κ2) is 6.33. The van der Waals surface area contributed by atoms with Crippen LogP contribution in [-0.4, -0.2) is 48.6 Å². The van der Waals surface area contributed by atoms with Crippen LogP contribution in [0.15, 0.2) is 32.7 Å². The van der Waals surface area contributed by atoms with Crippen molar-refractivity contribution in [2.24, 2.45) is 7.05 Å². The number of hydrogen-bond acceptors (Lipinski definition) is 5. The number of nitrogens with one attached hydrogen (secondary N) is 1. The van der Waals surface area contributed by atoms with E-state index in [9.17, 15) is 18.0 Å². The molecule has 0 aliphatic heterocycles. The van der Waals surface area contributed by atoms with Gasteiger partial charge in [-0.15, -0.1) is 0 Å². The summed E-state index contributed by atoms with van der Waals surface area (Å²) in [5.41, 5.74) is -0.871. The molecule has 0 atom stereocenters. The van der Waals surface area contributed by atoms with Crippen molar-refractivity contribution in [3.63, 3.8) is 0 Å². The first kappa shape index (κ1) is 18.8. The van der Waals surface area contributed by atoms with Crippen molar-refractivity contribution >= 4 is 20.9 Å². The number of likely N-dealkylation sites (N-methyl/N-ethyl adjacent to an activating group) is 1. The molecule has 0 saturated heterocycles. The summed E-state index contributed by atoms with van der Waals surface area (Å²) in [4.78, 5) is 27.0. The first-order valence-corrected chi connectivity index (χ1v) is 9.95. The quantitative estimate of drug-likeness (QED) is 0.767. The Labute approximate surface area is 152 Å². The fourth-order valence-corrected chi connectivity index (χ4v) is 4.32. The summed E-state index contributed by atoms with van der Waals surface area (Å²) in [7, 11) is 1.47. The van der Waals surface area contributed by atoms with Gasteiger partial charge in [0.25, 0.3) is 5.56 Å². The monoisotopic (exact) mass is 380 g/mol. The van der Waals surface area contributed by atoms with E-state index in [4.69, 9.17) is 0 Å². The molecule has 0 unspecified atom stereocenters. The van der Waals surface area contributed by atoms with Gasteiger partial charge in [-0.3, -0.25) is 13.9 Å². The molecule has 0 radical (unpaired) electrons. The van der Waals surface area contributed by atoms with E-state index in [2.05, 4.69) is 4.72 Å². The molecule has 1 aromatic carbocycles. The minimum atomic E-state index is -3.72. The zero-order valence-corrected chi connectivity index (χ0v) is 16.3. The lowest BCUT2D eigenvalue weighted by Gasteiger charge is -2.16. The number of sulfonamides is 1. The van der Waals surface area contributed by atoms with Crippen molar-refractivity contribution in [1.29, 1.82) is 0 Å². The van der Waals surface area contributed by atoms with Gasteiger partial charge in [0.2, 0.25) is 10.0 Å². The summed E-state index contributed by atoms with van der Waals surface area (Å²) in [6.07, 6.45) is 1.59. The molecule has 1 aliphatic rings. The van der Waals surface area contributed by atoms with Gasteiger partial charge in [-0.1, -0.05) is 0 Å². The van der Waals surface area contributed by atoms with Crippen LogP contribution in [0.25, 0.3) is 10.9 Å². The second-order valence-electron chi connectivity index (χ2n) is 7.45. The van der Waals surface area contributed by atoms with Crippen LogP contribution in [-0.2, 0) is 23.6 Å². The molecule has 26 heavy (non-hydrogen) atoms. The summed E-state index contributed by atoms with van der Waals surface area (Å²) in [6.45, 7) is 2.87. The number of fused-ring (bicyclic) bond motifs is 1. The van der Waals surface area contributed by atoms with Crippen LogP contribution < -0.4 is 16.0 Å². The third kappa shape index (κ3) is 3.46. The minimum absolute atomic E-state index is 0.0352. The van der Waals surface area contributed by atoms with Crippen LogP contribution in [0.5, 0.6) is 0 Å². The predicted octanol–water partition coefficient (Wildman–Crippen LogP) is 0.0926. The molecule has 9 heteroatoms. The SMILES string of the molecule is CN(C)CCn1c(=O)n(C)c(=O)c2cc(S(=O)(=O)NC3(C)CC3)ccc21. The summed E-state index contributed by atoms with van der Waals surface area (Å²) >= 11 is 0. The maximum atomic E-state index is 12.6. The highest BCUT2D eigenvalue weighted by molar-refractivity contribution is 7.89. The van der Waals surface area contributed by atoms with Crippen molar-refractivity contribution in [1.82, 2.24) is 18.8 Å². The molecule has 1 aliphatic carbocycles. The van der Waals surface area contributed by atoms with Crippen LogP contribution in [0.4, 0.5) is 0 Å². The van der Waals surface area contributed by atoms with Crippen LogP contribution in [0.2, 0.25) is 0 Å². The number of rotatable bonds is 6. The third-order valence-corrected chi connectivity index (χ3v) is 6.41. The molecule has 1 fully saturated rings. The molecule has 8 nitrogen and oxygen atoms in total. The first-order valence-electron chi connectivity index (χ1n) is 8.46. The predicted molar refractivity (Wildman–Crippen MR) is 100.0 cm³/mol. The van der Waals surface area contributed by atoms with Crippen molar-refractivity contribution < 1.29 is 8.42 Å². The second-order valence-corrected chi connectivity index (χ2v) is 9.13. The van der Waals surface area contributed by atoms with Gasteiger partial charge >= 0.3 is 5.69 Å². The van der Waals surface area contributed by atoms with Gasteiger partial charge in [0.15, 0.2) is 0 Å². The van der Waals surface area contributed by atoms with Gasteiger partial charge < -0.3 is 4.90 Å². The van der Waals surface area contributed by atoms with Gasteiger partial charge in [0.1, 0.15) is 0 Å². The van der Waals surface area contributed by atoms with Gasteiger partial charge in [-0.05, 0) is 52.1 Å². The van der Waals surface area contributed by atoms with Crippen molar-refractivity contribution in [3.8, 4) is 0 Å². The van der Waals surface area contributed by atoms with E-state index in [1.54, 1.807) is 0 Å². The van der Waals surface area contributed by atoms with Crippen molar-refractivity contribution in [2.75, 3.05) is 20.6 Å². The summed E-state index contributed by atoms with van der Waals surface area (Å²) in [6, 6.07) is 4.34. The summed E-state index contributed by atoms with van der Waals surface area (Å²) in [5, 5.41) is 0.217. The van der Waals surface area contributed by atoms with E-state index >= 15 is 0 Å². The third-order valence-electron chi connectivity index (χ3n) is 4.77. The van der Waals surface area contributed by atoms with Crippen LogP contribution in [0, 0.1) is 0 Å². The molecule has 1 N–H and O–H groups in total. The van der Waals surface area contributed by atoms with E-state index in [0.29, 0.717) is 18.6 Å². The zero-order chi connectivity index (χ0) is 19.3. The molecular formula is C17H24N4O4S. The molecule has 0 amide bonds. The van der Waals surface area contributed by atoms with Crippen LogP contribution in [0.1, 0.15) is 19.8 Å². The normalized spacial score (nSPS) is 16.3. The molecular weight excluding hydrogens is 356 g/mol. The highest BCUT2D eigenvalue weighted by Crippen LogP contribution is 2.36. The van der Waals surface area contributed by atoms with E-state index in [1.165, 1.54) is 29.8 Å². The average molecular weight is 380 g/mol. The Balaban J connectivity index is 2.15. The summed E-state index contributed by atoms with van der Waals surface area (Å²) in [5.74, 6) is 0. The number of nitrogens with zero attached hydrogens (tertiary/aromatic N) is 3. The maximum absolute atomic E-state index is 12.6. The van der Waals surface area contributed by atoms with Gasteiger partial charge in [-0.25, -0.2) is 17.9 Å². The lowest BCUT2D eigenvalue weighted by molar-refractivity contribution is 0.380. The average Bonchev–Trinajstić information content (AvgIpc) is 3.28. The van der Waals surface area contributed by atoms with Gasteiger partial charge in [-0.2, -0.15) is 0 Å². The van der Waals surface area contributed by atoms with Gasteiger partial charge in [0, 0.05) is 25.7 Å². The fourth-order valence-electron chi connectivity index (χ4n) is 2.83. The highest BCUT2D eigenvalue weighted by atomic mass is 32.2. The Morgan fingerprint density at radius 2 is 1.88 bits per heavy atom. The topological polar surface area (TPSA) is 93.4 Å². The van der Waals surface area contributed by atoms with Gasteiger partial charge in [0.05, 0.1) is 15.8 Å². The van der Waals surface area contributed by atoms with E-state index in [1.807, 2.05) is 25.9 Å². The molecule has 0 bridgehead atoms. The standard InChI is InChI=1S/C17H24N4O4S/c1-17(7-8-17)18-26(24,25)12-5-6-14-13(11-12)15(22)20(4)16(23)21(14)10-9-19(2)3/h5-6,11,18H,7-10H2,1-4H3. The molecule has 1 saturated carbocycles. The number of hydrogen-bond donors (Lipinski definition) is 1. The largest absolute Gasteiger partial charge is 0.331 e. The molecule has 1 heterocycles. The van der Waals surface area contributed by atoms with Crippen molar-refractivity contribution in [2.45, 2.75) is 36.7 Å². The highest BCUT2D eigenvalue weighted by Gasteiger charge is 2.41. The van der Waals surface area contributed by atoms with E-state index in [-0.39, 0.29) is 10.3 Å². The van der Waals surface area contributed by atoms with Crippen LogP contribution >= 0.6 is 0 Å². The minimum Gasteiger partial charge on any atom is -0.308 e. The lowest BCUT2D eigenvalue weighted by atomic mass is 10.2. The Kier molecular flexibility index (Phi) is 4.58. The van der Waals surface area contributed by atoms with E-state index < -0.39 is 26.8 Å². The number of aromatic nitrogens is 2. The fraction of sp³-hybridized carbons (Fsp3) is 0.529. The Morgan fingerprint density at radius 1 is 1.23 bits per heavy atom. The maximum Gasteiger partial charge on any atom is 0.331 e. The first-order chi connectivity index (χ1) is 12.0. The molecule has 2 aromatic rings. The zero-order valence-electron chi connectivity index (χ0n) is 15.4. The van der Waals surface area contributed by atoms with Crippen LogP contribution in [0.3, 0.4) is 0 Å². The Morgan fingerprint density at radius 3 is 2.46 bits per heavy atom. The Hall–Kier alpha value is -1.97. The molecule has 142 valence electrons. The summed E-state index contributed by atoms with van der Waals surface area (Å²) < 4.78 is 30.4. The number of benzene rings is 1. The lowest BCUT2D eigenvalue weighted by Crippen LogP contribution is -2.40. The smallest absolute Gasteiger partial charge is 0.308 e. The molecule has 3 rings (SSSR count).